The van der Waals surface area contributed by atoms with E-state index in [1.807, 2.05) is 20.0 Å². The lowest BCUT2D eigenvalue weighted by Crippen LogP contribution is -2.44. The van der Waals surface area contributed by atoms with E-state index < -0.39 is 0 Å². The Morgan fingerprint density at radius 2 is 2.12 bits per heavy atom. The largest absolute Gasteiger partial charge is 0.462 e. The number of hydrazine groups is 1. The second-order valence-corrected chi connectivity index (χ2v) is 7.06. The van der Waals surface area contributed by atoms with Gasteiger partial charge in [-0.1, -0.05) is 13.8 Å². The Morgan fingerprint density at radius 3 is 2.77 bits per heavy atom. The average Bonchev–Trinajstić information content (AvgIpc) is 2.94. The number of hydrogen-bond donors (Lipinski definition) is 1. The zero-order chi connectivity index (χ0) is 18.7. The van der Waals surface area contributed by atoms with Crippen LogP contribution in [-0.4, -0.2) is 46.6 Å². The van der Waals surface area contributed by atoms with Gasteiger partial charge in [-0.15, -0.1) is 0 Å². The summed E-state index contributed by atoms with van der Waals surface area (Å²) in [6, 6.07) is 0. The Labute approximate surface area is 155 Å². The van der Waals surface area contributed by atoms with Crippen LogP contribution in [0, 0.1) is 12.8 Å². The molecule has 1 atom stereocenters. The minimum atomic E-state index is -0.254. The van der Waals surface area contributed by atoms with E-state index in [2.05, 4.69) is 33.7 Å². The van der Waals surface area contributed by atoms with Gasteiger partial charge in [0.2, 0.25) is 0 Å². The predicted molar refractivity (Wildman–Crippen MR) is 102 cm³/mol. The van der Waals surface area contributed by atoms with Crippen molar-refractivity contribution in [3.8, 4) is 0 Å². The van der Waals surface area contributed by atoms with Crippen LogP contribution in [0.5, 0.6) is 0 Å². The maximum Gasteiger partial charge on any atom is 0.340 e. The average molecular weight is 358 g/mol. The number of ether oxygens (including phenoxy) is 1. The maximum absolute atomic E-state index is 12.5. The first kappa shape index (κ1) is 18.9. The van der Waals surface area contributed by atoms with Crippen LogP contribution in [0.1, 0.15) is 61.1 Å². The predicted octanol–water partition coefficient (Wildman–Crippen LogP) is 3.16. The highest BCUT2D eigenvalue weighted by Crippen LogP contribution is 2.37. The number of nitrogens with one attached hydrogen (secondary N) is 1. The molecular formula is C20H30N4O2. The Kier molecular flexibility index (Phi) is 5.94. The van der Waals surface area contributed by atoms with E-state index in [1.165, 1.54) is 5.69 Å². The van der Waals surface area contributed by atoms with Crippen LogP contribution in [-0.2, 0) is 4.74 Å². The zero-order valence-corrected chi connectivity index (χ0v) is 16.3. The molecule has 0 aliphatic carbocycles. The number of aromatic nitrogens is 2. The lowest BCUT2D eigenvalue weighted by atomic mass is 9.82. The molecule has 3 rings (SSSR count). The van der Waals surface area contributed by atoms with Gasteiger partial charge < -0.3 is 9.14 Å². The highest BCUT2D eigenvalue weighted by molar-refractivity contribution is 5.99. The van der Waals surface area contributed by atoms with Gasteiger partial charge in [-0.2, -0.15) is 0 Å². The van der Waals surface area contributed by atoms with Crippen LogP contribution >= 0.6 is 0 Å². The minimum absolute atomic E-state index is 0.254. The molecule has 6 heteroatoms. The van der Waals surface area contributed by atoms with Gasteiger partial charge in [0.15, 0.2) is 0 Å². The normalized spacial score (nSPS) is 17.5. The summed E-state index contributed by atoms with van der Waals surface area (Å²) in [4.78, 5) is 16.8. The minimum Gasteiger partial charge on any atom is -0.462 e. The van der Waals surface area contributed by atoms with Gasteiger partial charge in [0.25, 0.3) is 0 Å². The maximum atomic E-state index is 12.5. The number of piperidine rings is 1. The first-order valence-corrected chi connectivity index (χ1v) is 9.68. The van der Waals surface area contributed by atoms with Gasteiger partial charge in [0, 0.05) is 37.7 Å². The van der Waals surface area contributed by atoms with E-state index in [9.17, 15) is 4.79 Å². The van der Waals surface area contributed by atoms with Crippen molar-refractivity contribution < 1.29 is 9.53 Å². The molecule has 3 heterocycles. The highest BCUT2D eigenvalue weighted by Gasteiger charge is 2.30. The van der Waals surface area contributed by atoms with E-state index in [-0.39, 0.29) is 5.97 Å². The van der Waals surface area contributed by atoms with Gasteiger partial charge in [-0.3, -0.25) is 10.4 Å². The fourth-order valence-electron chi connectivity index (χ4n) is 4.28. The fourth-order valence-corrected chi connectivity index (χ4v) is 4.28. The van der Waals surface area contributed by atoms with Crippen molar-refractivity contribution in [2.75, 3.05) is 26.2 Å². The highest BCUT2D eigenvalue weighted by atomic mass is 16.5. The van der Waals surface area contributed by atoms with E-state index in [4.69, 9.17) is 4.74 Å². The van der Waals surface area contributed by atoms with Crippen LogP contribution in [0.3, 0.4) is 0 Å². The number of esters is 1. The van der Waals surface area contributed by atoms with Crippen LogP contribution < -0.4 is 5.43 Å². The number of rotatable bonds is 6. The first-order valence-electron chi connectivity index (χ1n) is 9.68. The van der Waals surface area contributed by atoms with Crippen LogP contribution in [0.25, 0.3) is 5.52 Å². The molecule has 1 unspecified atom stereocenters. The molecule has 0 saturated carbocycles. The Morgan fingerprint density at radius 1 is 1.38 bits per heavy atom. The molecule has 0 aromatic carbocycles. The number of hydrogen-bond acceptors (Lipinski definition) is 5. The lowest BCUT2D eigenvalue weighted by molar-refractivity contribution is 0.0528. The Balaban J connectivity index is 1.92. The molecule has 1 saturated heterocycles. The number of carbonyl (C=O) groups excluding carboxylic acids is 1. The van der Waals surface area contributed by atoms with Crippen molar-refractivity contribution in [2.24, 2.45) is 5.92 Å². The van der Waals surface area contributed by atoms with E-state index >= 15 is 0 Å². The summed E-state index contributed by atoms with van der Waals surface area (Å²) in [6.45, 7) is 11.8. The molecule has 26 heavy (non-hydrogen) atoms. The fraction of sp³-hybridized carbons (Fsp3) is 0.600. The Bertz CT molecular complexity index is 763. The molecule has 2 aromatic heterocycles. The van der Waals surface area contributed by atoms with Crippen molar-refractivity contribution in [3.05, 3.63) is 35.4 Å². The quantitative estimate of drug-likeness (QED) is 0.804. The third-order valence-electron chi connectivity index (χ3n) is 5.57. The molecule has 6 nitrogen and oxygen atoms in total. The number of carbonyl (C=O) groups is 1. The molecule has 0 radical (unpaired) electrons. The first-order chi connectivity index (χ1) is 12.6. The summed E-state index contributed by atoms with van der Waals surface area (Å²) in [5.41, 5.74) is 7.16. The molecule has 142 valence electrons. The second kappa shape index (κ2) is 8.18. The Hall–Kier alpha value is -1.92. The van der Waals surface area contributed by atoms with Crippen molar-refractivity contribution in [2.45, 2.75) is 46.5 Å². The third-order valence-corrected chi connectivity index (χ3v) is 5.57. The standard InChI is InChI=1S/C20H30N4O2/c1-5-22-23-10-7-16(8-11-23)14(3)19-15(4)18(20(25)26-6-2)17-13-21-9-12-24(17)19/h9,12-14,16,22H,5-8,10-11H2,1-4H3. The van der Waals surface area contributed by atoms with Gasteiger partial charge >= 0.3 is 5.97 Å². The summed E-state index contributed by atoms with van der Waals surface area (Å²) in [5, 5.41) is 2.32. The van der Waals surface area contributed by atoms with E-state index in [1.54, 1.807) is 12.4 Å². The van der Waals surface area contributed by atoms with E-state index in [0.717, 1.165) is 43.6 Å². The van der Waals surface area contributed by atoms with Gasteiger partial charge in [-0.25, -0.2) is 9.80 Å². The summed E-state index contributed by atoms with van der Waals surface area (Å²) in [6.07, 6.45) is 7.82. The molecular weight excluding hydrogens is 328 g/mol. The van der Waals surface area contributed by atoms with Crippen molar-refractivity contribution in [3.63, 3.8) is 0 Å². The topological polar surface area (TPSA) is 58.9 Å². The van der Waals surface area contributed by atoms with Gasteiger partial charge in [0.05, 0.1) is 23.9 Å². The summed E-state index contributed by atoms with van der Waals surface area (Å²) in [7, 11) is 0. The summed E-state index contributed by atoms with van der Waals surface area (Å²) in [5.74, 6) is 0.720. The zero-order valence-electron chi connectivity index (χ0n) is 16.3. The third kappa shape index (κ3) is 3.48. The van der Waals surface area contributed by atoms with E-state index in [0.29, 0.717) is 24.0 Å². The smallest absolute Gasteiger partial charge is 0.340 e. The number of nitrogens with zero attached hydrogens (tertiary/aromatic N) is 3. The molecule has 0 spiro atoms. The van der Waals surface area contributed by atoms with Crippen LogP contribution in [0.2, 0.25) is 0 Å². The molecule has 2 aromatic rings. The summed E-state index contributed by atoms with van der Waals surface area (Å²) < 4.78 is 7.44. The number of fused-ring (bicyclic) bond motifs is 1. The van der Waals surface area contributed by atoms with Crippen molar-refractivity contribution in [1.82, 2.24) is 19.8 Å². The van der Waals surface area contributed by atoms with Crippen LogP contribution in [0.15, 0.2) is 18.6 Å². The second-order valence-electron chi connectivity index (χ2n) is 7.06. The van der Waals surface area contributed by atoms with Crippen molar-refractivity contribution >= 4 is 11.5 Å². The van der Waals surface area contributed by atoms with Gasteiger partial charge in [-0.05, 0) is 44.1 Å². The molecule has 1 fully saturated rings. The molecule has 1 aliphatic rings. The molecule has 1 N–H and O–H groups in total. The lowest BCUT2D eigenvalue weighted by Gasteiger charge is -2.35. The SMILES string of the molecule is CCNN1CCC(C(C)c2c(C)c(C(=O)OCC)c3cnccn23)CC1. The van der Waals surface area contributed by atoms with Crippen LogP contribution in [0.4, 0.5) is 0 Å². The molecule has 1 aliphatic heterocycles. The summed E-state index contributed by atoms with van der Waals surface area (Å²) >= 11 is 0. The molecule has 0 bridgehead atoms. The monoisotopic (exact) mass is 358 g/mol. The van der Waals surface area contributed by atoms with Gasteiger partial charge in [0.1, 0.15) is 0 Å². The van der Waals surface area contributed by atoms with Crippen molar-refractivity contribution in [1.29, 1.82) is 0 Å². The molecule has 0 amide bonds.